The van der Waals surface area contributed by atoms with Gasteiger partial charge >= 0.3 is 5.97 Å². The molecule has 23 heavy (non-hydrogen) atoms. The van der Waals surface area contributed by atoms with Gasteiger partial charge in [0.2, 0.25) is 0 Å². The average molecular weight is 330 g/mol. The van der Waals surface area contributed by atoms with Crippen molar-refractivity contribution in [1.29, 1.82) is 0 Å². The zero-order valence-electron chi connectivity index (χ0n) is 12.6. The molecule has 0 spiro atoms. The first kappa shape index (κ1) is 15.6. The summed E-state index contributed by atoms with van der Waals surface area (Å²) < 4.78 is 0. The molecule has 2 atom stereocenters. The van der Waals surface area contributed by atoms with Crippen molar-refractivity contribution in [3.8, 4) is 0 Å². The first-order chi connectivity index (χ1) is 11.0. The fourth-order valence-electron chi connectivity index (χ4n) is 3.23. The number of nitrogens with zero attached hydrogens (tertiary/aromatic N) is 1. The van der Waals surface area contributed by atoms with Crippen LogP contribution >= 0.6 is 11.6 Å². The highest BCUT2D eigenvalue weighted by Crippen LogP contribution is 2.42. The van der Waals surface area contributed by atoms with E-state index in [1.165, 1.54) is 0 Å². The normalized spacial score (nSPS) is 20.3. The quantitative estimate of drug-likeness (QED) is 0.933. The second kappa shape index (κ2) is 6.05. The highest BCUT2D eigenvalue weighted by atomic mass is 35.5. The third-order valence-electron chi connectivity index (χ3n) is 4.26. The van der Waals surface area contributed by atoms with Gasteiger partial charge in [-0.1, -0.05) is 41.9 Å². The van der Waals surface area contributed by atoms with Gasteiger partial charge in [0.1, 0.15) is 5.92 Å². The molecule has 3 rings (SSSR count). The SMILES string of the molecule is CCN1C(=O)c2ccccc2C(C(=O)O)C1c1ccc(Cl)cc1. The van der Waals surface area contributed by atoms with Crippen molar-refractivity contribution in [2.24, 2.45) is 0 Å². The first-order valence-corrected chi connectivity index (χ1v) is 7.80. The molecule has 0 saturated heterocycles. The van der Waals surface area contributed by atoms with Gasteiger partial charge < -0.3 is 10.0 Å². The maximum Gasteiger partial charge on any atom is 0.313 e. The van der Waals surface area contributed by atoms with Crippen LogP contribution in [0.3, 0.4) is 0 Å². The molecule has 1 aliphatic rings. The molecule has 5 heteroatoms. The van der Waals surface area contributed by atoms with E-state index in [-0.39, 0.29) is 5.91 Å². The van der Waals surface area contributed by atoms with Gasteiger partial charge in [-0.2, -0.15) is 0 Å². The number of rotatable bonds is 3. The Morgan fingerprint density at radius 3 is 2.43 bits per heavy atom. The van der Waals surface area contributed by atoms with Gasteiger partial charge in [0.15, 0.2) is 0 Å². The Bertz CT molecular complexity index is 757. The summed E-state index contributed by atoms with van der Waals surface area (Å²) in [7, 11) is 0. The minimum Gasteiger partial charge on any atom is -0.481 e. The molecule has 0 saturated carbocycles. The minimum absolute atomic E-state index is 0.138. The number of halogens is 1. The van der Waals surface area contributed by atoms with Crippen molar-refractivity contribution in [2.75, 3.05) is 6.54 Å². The Morgan fingerprint density at radius 2 is 1.83 bits per heavy atom. The zero-order valence-corrected chi connectivity index (χ0v) is 13.3. The summed E-state index contributed by atoms with van der Waals surface area (Å²) in [6, 6.07) is 13.4. The molecule has 2 aromatic rings. The van der Waals surface area contributed by atoms with Crippen LogP contribution in [0.4, 0.5) is 0 Å². The monoisotopic (exact) mass is 329 g/mol. The number of carboxylic acids is 1. The third kappa shape index (κ3) is 2.59. The molecule has 0 aromatic heterocycles. The largest absolute Gasteiger partial charge is 0.481 e. The molecule has 1 heterocycles. The number of amides is 1. The number of carbonyl (C=O) groups is 2. The second-order valence-electron chi connectivity index (χ2n) is 5.49. The van der Waals surface area contributed by atoms with Gasteiger partial charge in [0.05, 0.1) is 6.04 Å². The van der Waals surface area contributed by atoms with E-state index in [1.807, 2.05) is 6.92 Å². The lowest BCUT2D eigenvalue weighted by Gasteiger charge is -2.40. The van der Waals surface area contributed by atoms with E-state index < -0.39 is 17.9 Å². The Balaban J connectivity index is 2.20. The van der Waals surface area contributed by atoms with E-state index in [2.05, 4.69) is 0 Å². The molecule has 1 amide bonds. The number of carbonyl (C=O) groups excluding carboxylic acids is 1. The van der Waals surface area contributed by atoms with Crippen LogP contribution in [0.15, 0.2) is 48.5 Å². The Labute approximate surface area is 139 Å². The summed E-state index contributed by atoms with van der Waals surface area (Å²) >= 11 is 5.93. The highest BCUT2D eigenvalue weighted by Gasteiger charge is 2.43. The fourth-order valence-corrected chi connectivity index (χ4v) is 3.36. The van der Waals surface area contributed by atoms with Crippen molar-refractivity contribution in [3.05, 3.63) is 70.2 Å². The standard InChI is InChI=1S/C18H16ClNO3/c1-2-20-16(11-7-9-12(19)10-8-11)15(18(22)23)13-5-3-4-6-14(13)17(20)21/h3-10,15-16H,2H2,1H3,(H,22,23). The zero-order chi connectivity index (χ0) is 16.6. The number of carboxylic acid groups (broad SMARTS) is 1. The molecular formula is C18H16ClNO3. The third-order valence-corrected chi connectivity index (χ3v) is 4.51. The van der Waals surface area contributed by atoms with Crippen molar-refractivity contribution in [1.82, 2.24) is 4.90 Å². The van der Waals surface area contributed by atoms with Gasteiger partial charge in [-0.15, -0.1) is 0 Å². The van der Waals surface area contributed by atoms with E-state index in [4.69, 9.17) is 11.6 Å². The Kier molecular flexibility index (Phi) is 4.09. The lowest BCUT2D eigenvalue weighted by molar-refractivity contribution is -0.140. The first-order valence-electron chi connectivity index (χ1n) is 7.42. The van der Waals surface area contributed by atoms with E-state index in [1.54, 1.807) is 53.4 Å². The van der Waals surface area contributed by atoms with E-state index in [0.29, 0.717) is 22.7 Å². The summed E-state index contributed by atoms with van der Waals surface area (Å²) in [6.07, 6.45) is 0. The molecule has 118 valence electrons. The van der Waals surface area contributed by atoms with Gasteiger partial charge in [-0.3, -0.25) is 9.59 Å². The molecule has 0 fully saturated rings. The number of fused-ring (bicyclic) bond motifs is 1. The van der Waals surface area contributed by atoms with Crippen LogP contribution in [-0.2, 0) is 4.79 Å². The molecule has 0 aliphatic carbocycles. The maximum atomic E-state index is 12.8. The maximum absolute atomic E-state index is 12.8. The van der Waals surface area contributed by atoms with Gasteiger partial charge in [-0.25, -0.2) is 0 Å². The second-order valence-corrected chi connectivity index (χ2v) is 5.93. The highest BCUT2D eigenvalue weighted by molar-refractivity contribution is 6.30. The smallest absolute Gasteiger partial charge is 0.313 e. The number of likely N-dealkylation sites (N-methyl/N-ethyl adjacent to an activating group) is 1. The molecule has 1 N–H and O–H groups in total. The van der Waals surface area contributed by atoms with E-state index in [9.17, 15) is 14.7 Å². The predicted octanol–water partition coefficient (Wildman–Crippen LogP) is 3.73. The number of benzene rings is 2. The van der Waals surface area contributed by atoms with Crippen molar-refractivity contribution < 1.29 is 14.7 Å². The summed E-state index contributed by atoms with van der Waals surface area (Å²) in [4.78, 5) is 26.4. The fraction of sp³-hybridized carbons (Fsp3) is 0.222. The van der Waals surface area contributed by atoms with Crippen LogP contribution in [0.1, 0.15) is 40.4 Å². The number of hydrogen-bond acceptors (Lipinski definition) is 2. The number of aliphatic carboxylic acids is 1. The molecular weight excluding hydrogens is 314 g/mol. The van der Waals surface area contributed by atoms with Gasteiger partial charge in [-0.05, 0) is 36.2 Å². The average Bonchev–Trinajstić information content (AvgIpc) is 2.55. The van der Waals surface area contributed by atoms with Crippen LogP contribution in [0.25, 0.3) is 0 Å². The summed E-state index contributed by atoms with van der Waals surface area (Å²) in [5.41, 5.74) is 1.80. The predicted molar refractivity (Wildman–Crippen MR) is 87.7 cm³/mol. The molecule has 0 bridgehead atoms. The molecule has 2 aromatic carbocycles. The van der Waals surface area contributed by atoms with Crippen LogP contribution < -0.4 is 0 Å². The Hall–Kier alpha value is -2.33. The van der Waals surface area contributed by atoms with Crippen LogP contribution in [0.2, 0.25) is 5.02 Å². The lowest BCUT2D eigenvalue weighted by Crippen LogP contribution is -2.44. The van der Waals surface area contributed by atoms with Gasteiger partial charge in [0.25, 0.3) is 5.91 Å². The van der Waals surface area contributed by atoms with Crippen molar-refractivity contribution in [2.45, 2.75) is 18.9 Å². The van der Waals surface area contributed by atoms with Gasteiger partial charge in [0, 0.05) is 17.1 Å². The molecule has 0 radical (unpaired) electrons. The number of hydrogen-bond donors (Lipinski definition) is 1. The minimum atomic E-state index is -0.941. The van der Waals surface area contributed by atoms with Crippen LogP contribution in [0.5, 0.6) is 0 Å². The lowest BCUT2D eigenvalue weighted by atomic mass is 9.80. The van der Waals surface area contributed by atoms with Crippen molar-refractivity contribution in [3.63, 3.8) is 0 Å². The van der Waals surface area contributed by atoms with Crippen LogP contribution in [-0.4, -0.2) is 28.4 Å². The summed E-state index contributed by atoms with van der Waals surface area (Å²) in [6.45, 7) is 2.29. The van der Waals surface area contributed by atoms with E-state index in [0.717, 1.165) is 5.56 Å². The molecule has 4 nitrogen and oxygen atoms in total. The molecule has 1 aliphatic heterocycles. The van der Waals surface area contributed by atoms with Crippen LogP contribution in [0, 0.1) is 0 Å². The molecule has 2 unspecified atom stereocenters. The summed E-state index contributed by atoms with van der Waals surface area (Å²) in [5, 5.41) is 10.4. The topological polar surface area (TPSA) is 57.6 Å². The Morgan fingerprint density at radius 1 is 1.17 bits per heavy atom. The van der Waals surface area contributed by atoms with Crippen molar-refractivity contribution >= 4 is 23.5 Å². The summed E-state index contributed by atoms with van der Waals surface area (Å²) in [5.74, 6) is -1.88. The van der Waals surface area contributed by atoms with E-state index >= 15 is 0 Å².